The van der Waals surface area contributed by atoms with Crippen molar-refractivity contribution in [2.45, 2.75) is 53.6 Å². The number of amides is 3. The Morgan fingerprint density at radius 3 is 1.93 bits per heavy atom. The van der Waals surface area contributed by atoms with Crippen molar-refractivity contribution in [3.63, 3.8) is 0 Å². The van der Waals surface area contributed by atoms with Crippen LogP contribution in [0.15, 0.2) is 91.1 Å². The van der Waals surface area contributed by atoms with Crippen molar-refractivity contribution >= 4 is 28.8 Å². The van der Waals surface area contributed by atoms with Crippen molar-refractivity contribution < 1.29 is 14.4 Å². The highest BCUT2D eigenvalue weighted by atomic mass is 35.5. The minimum absolute atomic E-state index is 0.178. The Morgan fingerprint density at radius 1 is 0.860 bits per heavy atom. The van der Waals surface area contributed by atoms with E-state index >= 15 is 0 Å². The number of hydrogen-bond donors (Lipinski definition) is 0. The first kappa shape index (κ1) is 31.7. The Hall–Kier alpha value is -4.23. The molecule has 0 fully saturated rings. The van der Waals surface area contributed by atoms with E-state index in [9.17, 15) is 14.4 Å². The van der Waals surface area contributed by atoms with E-state index in [1.807, 2.05) is 68.6 Å². The van der Waals surface area contributed by atoms with Crippen LogP contribution < -0.4 is 0 Å². The van der Waals surface area contributed by atoms with Crippen molar-refractivity contribution in [2.24, 2.45) is 5.41 Å². The third-order valence-electron chi connectivity index (χ3n) is 7.33. The molecule has 5 rings (SSSR count). The average molecular weight is 599 g/mol. The quantitative estimate of drug-likeness (QED) is 0.111. The van der Waals surface area contributed by atoms with E-state index in [0.29, 0.717) is 24.1 Å². The lowest BCUT2D eigenvalue weighted by molar-refractivity contribution is 0.0640. The molecule has 8 heteroatoms. The smallest absolute Gasteiger partial charge is 0.317 e. The van der Waals surface area contributed by atoms with Gasteiger partial charge < -0.3 is 9.47 Å². The van der Waals surface area contributed by atoms with Crippen LogP contribution in [0, 0.1) is 5.41 Å². The van der Waals surface area contributed by atoms with Gasteiger partial charge in [0.05, 0.1) is 22.9 Å². The standard InChI is InChI=1S/C33H33ClN4O3.C2H6/c1-33(2,3)28(37(32(34)41)19-12-20-38-30(39)25-17-10-11-18-26(25)31(38)40)29-35-27(24-15-8-5-9-16-24)22-36(29)21-23-13-6-4-7-14-23;1-2/h4-11,13-18,22,28H,12,19-21H2,1-3H3;1-2H3. The minimum Gasteiger partial charge on any atom is -0.328 e. The van der Waals surface area contributed by atoms with Gasteiger partial charge in [-0.05, 0) is 41.1 Å². The lowest BCUT2D eigenvalue weighted by Gasteiger charge is -2.39. The summed E-state index contributed by atoms with van der Waals surface area (Å²) in [5.41, 5.74) is 3.26. The van der Waals surface area contributed by atoms with Gasteiger partial charge in [0.15, 0.2) is 0 Å². The molecule has 1 atom stereocenters. The summed E-state index contributed by atoms with van der Waals surface area (Å²) in [5.74, 6) is 0.0928. The van der Waals surface area contributed by atoms with Crippen LogP contribution in [0.1, 0.15) is 79.2 Å². The van der Waals surface area contributed by atoms with Gasteiger partial charge in [-0.2, -0.15) is 0 Å². The molecule has 1 aromatic heterocycles. The molecule has 7 nitrogen and oxygen atoms in total. The first-order chi connectivity index (χ1) is 20.6. The van der Waals surface area contributed by atoms with Crippen LogP contribution >= 0.6 is 11.6 Å². The zero-order valence-electron chi connectivity index (χ0n) is 25.5. The Kier molecular flexibility index (Phi) is 10.2. The van der Waals surface area contributed by atoms with E-state index in [1.54, 1.807) is 29.2 Å². The molecule has 0 N–H and O–H groups in total. The van der Waals surface area contributed by atoms with Crippen LogP contribution in [0.3, 0.4) is 0 Å². The van der Waals surface area contributed by atoms with Crippen molar-refractivity contribution in [3.8, 4) is 11.3 Å². The number of nitrogens with zero attached hydrogens (tertiary/aromatic N) is 4. The number of aromatic nitrogens is 2. The molecular weight excluding hydrogens is 560 g/mol. The van der Waals surface area contributed by atoms with E-state index in [0.717, 1.165) is 22.6 Å². The van der Waals surface area contributed by atoms with Crippen LogP contribution in [0.5, 0.6) is 0 Å². The summed E-state index contributed by atoms with van der Waals surface area (Å²) in [4.78, 5) is 46.7. The van der Waals surface area contributed by atoms with Crippen LogP contribution in [0.4, 0.5) is 4.79 Å². The maximum atomic E-state index is 13.0. The molecule has 2 heterocycles. The predicted molar refractivity (Wildman–Crippen MR) is 171 cm³/mol. The maximum Gasteiger partial charge on any atom is 0.317 e. The number of carbonyl (C=O) groups excluding carboxylic acids is 3. The third kappa shape index (κ3) is 7.05. The molecule has 3 aromatic carbocycles. The van der Waals surface area contributed by atoms with Gasteiger partial charge in [0.1, 0.15) is 5.82 Å². The van der Waals surface area contributed by atoms with Gasteiger partial charge >= 0.3 is 5.37 Å². The fourth-order valence-corrected chi connectivity index (χ4v) is 5.64. The molecule has 3 amide bonds. The molecule has 1 aliphatic rings. The summed E-state index contributed by atoms with van der Waals surface area (Å²) in [6.45, 7) is 11.2. The van der Waals surface area contributed by atoms with Gasteiger partial charge in [-0.25, -0.2) is 4.98 Å². The average Bonchev–Trinajstić information content (AvgIpc) is 3.52. The van der Waals surface area contributed by atoms with Crippen LogP contribution in [-0.2, 0) is 6.54 Å². The largest absolute Gasteiger partial charge is 0.328 e. The van der Waals surface area contributed by atoms with Gasteiger partial charge in [-0.15, -0.1) is 0 Å². The number of imidazole rings is 1. The van der Waals surface area contributed by atoms with E-state index in [-0.39, 0.29) is 24.9 Å². The van der Waals surface area contributed by atoms with E-state index in [1.165, 1.54) is 4.90 Å². The number of benzene rings is 3. The van der Waals surface area contributed by atoms with E-state index < -0.39 is 16.8 Å². The van der Waals surface area contributed by atoms with Gasteiger partial charge in [0.25, 0.3) is 11.8 Å². The molecule has 1 aliphatic heterocycles. The summed E-state index contributed by atoms with van der Waals surface area (Å²) in [7, 11) is 0. The number of fused-ring (bicyclic) bond motifs is 1. The second-order valence-corrected chi connectivity index (χ2v) is 11.7. The lowest BCUT2D eigenvalue weighted by atomic mass is 9.85. The topological polar surface area (TPSA) is 75.5 Å². The Balaban J connectivity index is 0.00000207. The molecule has 0 bridgehead atoms. The van der Waals surface area contributed by atoms with Gasteiger partial charge in [-0.3, -0.25) is 19.3 Å². The van der Waals surface area contributed by atoms with E-state index in [2.05, 4.69) is 37.5 Å². The summed E-state index contributed by atoms with van der Waals surface area (Å²) in [6, 6.07) is 26.4. The first-order valence-corrected chi connectivity index (χ1v) is 15.1. The monoisotopic (exact) mass is 598 g/mol. The van der Waals surface area contributed by atoms with Crippen molar-refractivity contribution in [1.82, 2.24) is 19.4 Å². The molecule has 1 unspecified atom stereocenters. The third-order valence-corrected chi connectivity index (χ3v) is 7.55. The van der Waals surface area contributed by atoms with Gasteiger partial charge in [0.2, 0.25) is 0 Å². The summed E-state index contributed by atoms with van der Waals surface area (Å²) in [6.07, 6.45) is 2.40. The highest BCUT2D eigenvalue weighted by molar-refractivity contribution is 6.62. The number of halogens is 1. The Morgan fingerprint density at radius 2 is 1.40 bits per heavy atom. The predicted octanol–water partition coefficient (Wildman–Crippen LogP) is 8.06. The van der Waals surface area contributed by atoms with E-state index in [4.69, 9.17) is 16.6 Å². The number of rotatable bonds is 9. The van der Waals surface area contributed by atoms with Gasteiger partial charge in [-0.1, -0.05) is 107 Å². The van der Waals surface area contributed by atoms with Crippen molar-refractivity contribution in [1.29, 1.82) is 0 Å². The normalized spacial score (nSPS) is 13.3. The number of hydrogen-bond acceptors (Lipinski definition) is 4. The molecular formula is C35H39ClN4O3. The molecule has 0 aliphatic carbocycles. The highest BCUT2D eigenvalue weighted by Gasteiger charge is 2.39. The maximum absolute atomic E-state index is 13.0. The SMILES string of the molecule is CC.CC(C)(C)C(c1nc(-c2ccccc2)cn1Cc1ccccc1)N(CCCN1C(=O)c2ccccc2C1=O)C(=O)Cl. The first-order valence-electron chi connectivity index (χ1n) is 14.7. The number of imide groups is 1. The Bertz CT molecular complexity index is 1530. The zero-order chi connectivity index (χ0) is 31.1. The molecule has 43 heavy (non-hydrogen) atoms. The zero-order valence-corrected chi connectivity index (χ0v) is 26.2. The van der Waals surface area contributed by atoms with Crippen LogP contribution in [0.2, 0.25) is 0 Å². The Labute approximate surface area is 259 Å². The molecule has 0 spiro atoms. The molecule has 0 saturated heterocycles. The minimum atomic E-state index is -0.609. The van der Waals surface area contributed by atoms with Crippen LogP contribution in [0.25, 0.3) is 11.3 Å². The molecule has 0 radical (unpaired) electrons. The molecule has 0 saturated carbocycles. The second-order valence-electron chi connectivity index (χ2n) is 11.3. The highest BCUT2D eigenvalue weighted by Crippen LogP contribution is 2.40. The summed E-state index contributed by atoms with van der Waals surface area (Å²) < 4.78 is 2.09. The molecule has 4 aromatic rings. The van der Waals surface area contributed by atoms with Crippen LogP contribution in [-0.4, -0.2) is 49.6 Å². The van der Waals surface area contributed by atoms with Crippen molar-refractivity contribution in [3.05, 3.63) is 114 Å². The lowest BCUT2D eigenvalue weighted by Crippen LogP contribution is -2.42. The summed E-state index contributed by atoms with van der Waals surface area (Å²) in [5, 5.41) is -0.609. The second kappa shape index (κ2) is 13.8. The van der Waals surface area contributed by atoms with Crippen molar-refractivity contribution in [2.75, 3.05) is 13.1 Å². The summed E-state index contributed by atoms with van der Waals surface area (Å²) >= 11 is 6.26. The fourth-order valence-electron chi connectivity index (χ4n) is 5.46. The molecule has 224 valence electrons. The number of carbonyl (C=O) groups is 3. The van der Waals surface area contributed by atoms with Gasteiger partial charge in [0, 0.05) is 31.4 Å². The fraction of sp³-hybridized carbons (Fsp3) is 0.314.